The Morgan fingerprint density at radius 3 is 2.32 bits per heavy atom. The molecule has 2 aliphatic rings. The normalized spacial score (nSPS) is 17.3. The van der Waals surface area contributed by atoms with E-state index in [9.17, 15) is 19.5 Å². The number of hydrogen-bond acceptors (Lipinski definition) is 5. The third-order valence-electron chi connectivity index (χ3n) is 7.23. The Balaban J connectivity index is 1.45. The number of Topliss-reactive ketones (excluding diaryl/α,β-unsaturated/α-hetero) is 1. The Morgan fingerprint density at radius 1 is 0.974 bits per heavy atom. The number of aromatic nitrogens is 2. The minimum atomic E-state index is -0.645. The molecule has 2 atom stereocenters. The quantitative estimate of drug-likeness (QED) is 0.222. The van der Waals surface area contributed by atoms with Gasteiger partial charge in [-0.25, -0.2) is 14.6 Å². The third-order valence-corrected chi connectivity index (χ3v) is 7.76. The van der Waals surface area contributed by atoms with Crippen molar-refractivity contribution in [3.05, 3.63) is 115 Å². The Kier molecular flexibility index (Phi) is 5.61. The van der Waals surface area contributed by atoms with Crippen LogP contribution in [0.2, 0.25) is 0 Å². The first-order valence-corrected chi connectivity index (χ1v) is 12.7. The lowest BCUT2D eigenvalue weighted by Crippen LogP contribution is -2.77. The number of carbonyl (C=O) groups is 2. The Hall–Kier alpha value is -4.37. The maximum atomic E-state index is 13.7. The Bertz CT molecular complexity index is 1740. The molecule has 0 bridgehead atoms. The van der Waals surface area contributed by atoms with Crippen LogP contribution < -0.4 is 19.9 Å². The molecule has 188 valence electrons. The summed E-state index contributed by atoms with van der Waals surface area (Å²) in [5, 5.41) is 10.6. The lowest BCUT2D eigenvalue weighted by molar-refractivity contribution is -0.724. The van der Waals surface area contributed by atoms with E-state index in [1.165, 1.54) is 16.2 Å². The van der Waals surface area contributed by atoms with Gasteiger partial charge in [-0.2, -0.15) is 0 Å². The van der Waals surface area contributed by atoms with E-state index in [4.69, 9.17) is 4.74 Å². The van der Waals surface area contributed by atoms with Gasteiger partial charge in [-0.15, -0.1) is 9.13 Å². The summed E-state index contributed by atoms with van der Waals surface area (Å²) in [5.41, 5.74) is 3.15. The monoisotopic (exact) mass is 571 g/mol. The molecule has 2 N–H and O–H groups in total. The molecule has 0 radical (unpaired) electrons. The van der Waals surface area contributed by atoms with Crippen LogP contribution in [0, 0.1) is 5.92 Å². The summed E-state index contributed by atoms with van der Waals surface area (Å²) in [7, 11) is 3.15. The molecule has 1 aromatic heterocycles. The van der Waals surface area contributed by atoms with Crippen molar-refractivity contribution in [2.24, 2.45) is 20.0 Å². The van der Waals surface area contributed by atoms with E-state index in [1.807, 2.05) is 18.2 Å². The molecule has 3 aromatic carbocycles. The average molecular weight is 572 g/mol. The number of rotatable bonds is 3. The zero-order valence-electron chi connectivity index (χ0n) is 20.4. The summed E-state index contributed by atoms with van der Waals surface area (Å²) in [6, 6.07) is 20.8. The number of fused-ring (bicyclic) bond motifs is 4. The van der Waals surface area contributed by atoms with Crippen LogP contribution in [0.3, 0.4) is 0 Å². The van der Waals surface area contributed by atoms with Gasteiger partial charge in [-0.1, -0.05) is 46.3 Å². The molecule has 6 rings (SSSR count). The molecule has 38 heavy (non-hydrogen) atoms. The van der Waals surface area contributed by atoms with Gasteiger partial charge < -0.3 is 9.84 Å². The maximum Gasteiger partial charge on any atom is 0.519 e. The minimum absolute atomic E-state index is 0.0812. The Labute approximate surface area is 225 Å². The first kappa shape index (κ1) is 24.0. The number of nitrogens with one attached hydrogen (secondary N) is 1. The molecule has 4 aromatic rings. The highest BCUT2D eigenvalue weighted by atomic mass is 79.9. The second-order valence-corrected chi connectivity index (χ2v) is 10.3. The van der Waals surface area contributed by atoms with Gasteiger partial charge >= 0.3 is 23.4 Å². The molecular weight excluding hydrogens is 550 g/mol. The number of aromatic hydroxyl groups is 1. The number of esters is 1. The largest absolute Gasteiger partial charge is 0.519 e. The second-order valence-electron chi connectivity index (χ2n) is 9.35. The van der Waals surface area contributed by atoms with Gasteiger partial charge in [0, 0.05) is 21.5 Å². The number of benzene rings is 3. The predicted octanol–water partition coefficient (Wildman–Crippen LogP) is 2.06. The van der Waals surface area contributed by atoms with E-state index >= 15 is 0 Å². The first-order chi connectivity index (χ1) is 18.3. The number of hydrogen-bond donors (Lipinski definition) is 2. The van der Waals surface area contributed by atoms with Gasteiger partial charge in [0.1, 0.15) is 31.5 Å². The lowest BCUT2D eigenvalue weighted by Gasteiger charge is -2.24. The summed E-state index contributed by atoms with van der Waals surface area (Å²) in [5.74, 6) is -1.08. The van der Waals surface area contributed by atoms with Crippen LogP contribution in [0.25, 0.3) is 0 Å². The van der Waals surface area contributed by atoms with Crippen LogP contribution in [0.5, 0.6) is 11.8 Å². The highest BCUT2D eigenvalue weighted by molar-refractivity contribution is 9.10. The van der Waals surface area contributed by atoms with Crippen molar-refractivity contribution < 1.29 is 29.0 Å². The lowest BCUT2D eigenvalue weighted by atomic mass is 9.76. The second kappa shape index (κ2) is 8.88. The number of ether oxygens (including phenoxy) is 1. The van der Waals surface area contributed by atoms with Gasteiger partial charge in [0.15, 0.2) is 11.3 Å². The molecule has 1 aliphatic carbocycles. The first-order valence-electron chi connectivity index (χ1n) is 11.9. The predicted molar refractivity (Wildman–Crippen MR) is 141 cm³/mol. The van der Waals surface area contributed by atoms with Gasteiger partial charge in [0.25, 0.3) is 0 Å². The molecule has 1 aliphatic heterocycles. The fraction of sp³-hybridized carbons (Fsp3) is 0.138. The van der Waals surface area contributed by atoms with Crippen LogP contribution in [0.4, 0.5) is 5.82 Å². The van der Waals surface area contributed by atoms with Gasteiger partial charge in [-0.05, 0) is 48.0 Å². The van der Waals surface area contributed by atoms with Crippen molar-refractivity contribution in [3.8, 4) is 11.8 Å². The number of ketones is 1. The fourth-order valence-electron chi connectivity index (χ4n) is 5.32. The van der Waals surface area contributed by atoms with Gasteiger partial charge in [0.05, 0.1) is 5.56 Å². The molecule has 8 nitrogen and oxygen atoms in total. The van der Waals surface area contributed by atoms with E-state index in [2.05, 4.69) is 20.9 Å². The van der Waals surface area contributed by atoms with Crippen molar-refractivity contribution in [2.45, 2.75) is 5.92 Å². The van der Waals surface area contributed by atoms with Crippen molar-refractivity contribution in [3.63, 3.8) is 0 Å². The molecule has 0 fully saturated rings. The maximum absolute atomic E-state index is 13.7. The summed E-state index contributed by atoms with van der Waals surface area (Å²) in [6.45, 7) is 0. The average Bonchev–Trinajstić information content (AvgIpc) is 3.22. The van der Waals surface area contributed by atoms with E-state index < -0.39 is 23.4 Å². The highest BCUT2D eigenvalue weighted by Crippen LogP contribution is 2.42. The molecule has 0 saturated carbocycles. The summed E-state index contributed by atoms with van der Waals surface area (Å²) in [4.78, 5) is 43.0. The van der Waals surface area contributed by atoms with Crippen LogP contribution in [0.1, 0.15) is 43.3 Å². The summed E-state index contributed by atoms with van der Waals surface area (Å²) < 4.78 is 9.07. The minimum Gasteiger partial charge on any atom is -0.434 e. The SMILES string of the molecule is Cn1c(O)[n+](C)c2c(c1=O)C(c1ccc(OC(=O)c3ccc(Br)cc3)cc1)C1C(=O)c3ccccc3C1=[NH+]2. The molecule has 0 spiro atoms. The topological polar surface area (TPSA) is 103 Å². The van der Waals surface area contributed by atoms with Crippen molar-refractivity contribution >= 4 is 39.2 Å². The number of nitrogens with zero attached hydrogens (tertiary/aromatic N) is 2. The zero-order chi connectivity index (χ0) is 26.7. The summed E-state index contributed by atoms with van der Waals surface area (Å²) >= 11 is 3.35. The van der Waals surface area contributed by atoms with Crippen molar-refractivity contribution in [1.82, 2.24) is 4.57 Å². The summed E-state index contributed by atoms with van der Waals surface area (Å²) in [6.07, 6.45) is 0. The molecule has 2 unspecified atom stereocenters. The van der Waals surface area contributed by atoms with Crippen LogP contribution in [0.15, 0.2) is 82.1 Å². The molecule has 2 heterocycles. The molecule has 0 saturated heterocycles. The van der Waals surface area contributed by atoms with Crippen LogP contribution >= 0.6 is 15.9 Å². The van der Waals surface area contributed by atoms with Crippen molar-refractivity contribution in [2.75, 3.05) is 0 Å². The molecular formula is C29H22BrN3O5+2. The van der Waals surface area contributed by atoms with Gasteiger partial charge in [-0.3, -0.25) is 4.79 Å². The number of halogens is 1. The Morgan fingerprint density at radius 2 is 1.63 bits per heavy atom. The van der Waals surface area contributed by atoms with Crippen molar-refractivity contribution in [1.29, 1.82) is 0 Å². The third kappa shape index (κ3) is 3.61. The smallest absolute Gasteiger partial charge is 0.434 e. The van der Waals surface area contributed by atoms with E-state index in [-0.39, 0.29) is 11.8 Å². The van der Waals surface area contributed by atoms with E-state index in [1.54, 1.807) is 61.6 Å². The standard InChI is InChI=1S/C29H20BrN3O5/c1-32-26-23(27(35)33(2)29(32)37)21(22-24(31-26)19-5-3-4-6-20(19)25(22)34)15-9-13-18(14-10-15)38-28(36)16-7-11-17(30)12-8-16/h3-14,21-22H,1-2H3/p+2. The number of carbonyl (C=O) groups excluding carboxylic acids is 2. The molecule has 0 amide bonds. The van der Waals surface area contributed by atoms with Crippen LogP contribution in [-0.2, 0) is 14.1 Å². The van der Waals surface area contributed by atoms with E-state index in [0.29, 0.717) is 39.5 Å². The molecule has 9 heteroatoms. The van der Waals surface area contributed by atoms with Crippen LogP contribution in [-0.4, -0.2) is 27.1 Å². The fourth-order valence-corrected chi connectivity index (χ4v) is 5.58. The van der Waals surface area contributed by atoms with E-state index in [0.717, 1.165) is 10.0 Å². The van der Waals surface area contributed by atoms with Gasteiger partial charge in [0.2, 0.25) is 0 Å². The highest BCUT2D eigenvalue weighted by Gasteiger charge is 2.52. The zero-order valence-corrected chi connectivity index (χ0v) is 22.0.